The van der Waals surface area contributed by atoms with Crippen LogP contribution < -0.4 is 10.3 Å². The predicted octanol–water partition coefficient (Wildman–Crippen LogP) is 5.04. The van der Waals surface area contributed by atoms with Crippen molar-refractivity contribution in [3.63, 3.8) is 0 Å². The van der Waals surface area contributed by atoms with E-state index in [1.807, 2.05) is 6.07 Å². The average molecular weight is 514 g/mol. The summed E-state index contributed by atoms with van der Waals surface area (Å²) in [5.41, 5.74) is -0.307. The van der Waals surface area contributed by atoms with E-state index in [0.717, 1.165) is 6.07 Å². The molecule has 0 radical (unpaired) electrons. The molecule has 0 fully saturated rings. The molecule has 3 aromatic carbocycles. The first-order valence-corrected chi connectivity index (χ1v) is 12.3. The van der Waals surface area contributed by atoms with Crippen LogP contribution in [0.25, 0.3) is 33.4 Å². The van der Waals surface area contributed by atoms with E-state index >= 15 is 0 Å². The van der Waals surface area contributed by atoms with Gasteiger partial charge in [-0.25, -0.2) is 22.6 Å². The summed E-state index contributed by atoms with van der Waals surface area (Å²) in [5, 5.41) is 20.3. The summed E-state index contributed by atoms with van der Waals surface area (Å²) in [6.45, 7) is 0. The molecule has 5 aromatic rings. The minimum Gasteiger partial charge on any atom is -0.508 e. The fourth-order valence-electron chi connectivity index (χ4n) is 3.83. The van der Waals surface area contributed by atoms with Gasteiger partial charge in [0, 0.05) is 10.9 Å². The molecule has 0 unspecified atom stereocenters. The highest BCUT2D eigenvalue weighted by Crippen LogP contribution is 2.34. The van der Waals surface area contributed by atoms with Crippen LogP contribution in [0.15, 0.2) is 99.0 Å². The molecule has 2 N–H and O–H groups in total. The highest BCUT2D eigenvalue weighted by Gasteiger charge is 2.22. The quantitative estimate of drug-likeness (QED) is 0.315. The molecule has 10 heteroatoms. The van der Waals surface area contributed by atoms with Gasteiger partial charge in [0.25, 0.3) is 10.0 Å². The van der Waals surface area contributed by atoms with Crippen LogP contribution in [0.2, 0.25) is 0 Å². The summed E-state index contributed by atoms with van der Waals surface area (Å²) in [6, 6.07) is 21.9. The van der Waals surface area contributed by atoms with Gasteiger partial charge in [-0.15, -0.1) is 0 Å². The number of halogens is 1. The summed E-state index contributed by atoms with van der Waals surface area (Å²) in [5.74, 6) is -0.968. The number of nitriles is 1. The maximum Gasteiger partial charge on any atom is 0.345 e. The van der Waals surface area contributed by atoms with Crippen LogP contribution in [0, 0.1) is 17.1 Å². The minimum atomic E-state index is -4.17. The third kappa shape index (κ3) is 4.63. The van der Waals surface area contributed by atoms with Gasteiger partial charge in [-0.3, -0.25) is 4.72 Å². The molecule has 2 aromatic heterocycles. The number of benzene rings is 3. The summed E-state index contributed by atoms with van der Waals surface area (Å²) in [7, 11) is -4.17. The van der Waals surface area contributed by atoms with Gasteiger partial charge in [-0.1, -0.05) is 30.3 Å². The predicted molar refractivity (Wildman–Crippen MR) is 135 cm³/mol. The molecule has 37 heavy (non-hydrogen) atoms. The second kappa shape index (κ2) is 9.22. The monoisotopic (exact) mass is 513 g/mol. The SMILES string of the molecule is N#Cc1c(-c2cccc(O)c2)cc(-c2cc3cc(F)ccc3oc2=O)nc1NS(=O)(=O)c1ccccc1. The van der Waals surface area contributed by atoms with Gasteiger partial charge < -0.3 is 9.52 Å². The number of anilines is 1. The number of nitrogens with zero attached hydrogens (tertiary/aromatic N) is 2. The van der Waals surface area contributed by atoms with Gasteiger partial charge in [-0.2, -0.15) is 5.26 Å². The lowest BCUT2D eigenvalue weighted by atomic mass is 9.98. The van der Waals surface area contributed by atoms with Gasteiger partial charge >= 0.3 is 5.63 Å². The van der Waals surface area contributed by atoms with Crippen LogP contribution in [0.4, 0.5) is 10.2 Å². The summed E-state index contributed by atoms with van der Waals surface area (Å²) < 4.78 is 47.7. The molecule has 0 amide bonds. The highest BCUT2D eigenvalue weighted by molar-refractivity contribution is 7.92. The zero-order valence-corrected chi connectivity index (χ0v) is 19.7. The van der Waals surface area contributed by atoms with Crippen molar-refractivity contribution in [3.05, 3.63) is 107 Å². The molecule has 0 aliphatic carbocycles. The van der Waals surface area contributed by atoms with Crippen molar-refractivity contribution in [2.45, 2.75) is 4.90 Å². The number of phenols is 1. The zero-order valence-electron chi connectivity index (χ0n) is 18.8. The average Bonchev–Trinajstić information content (AvgIpc) is 2.88. The Bertz CT molecular complexity index is 1880. The molecule has 5 rings (SSSR count). The fraction of sp³-hybridized carbons (Fsp3) is 0. The lowest BCUT2D eigenvalue weighted by Crippen LogP contribution is -2.16. The van der Waals surface area contributed by atoms with Gasteiger partial charge in [0.15, 0.2) is 5.82 Å². The Balaban J connectivity index is 1.78. The van der Waals surface area contributed by atoms with E-state index in [-0.39, 0.29) is 49.8 Å². The Labute approximate surface area is 209 Å². The minimum absolute atomic E-state index is 0.0250. The van der Waals surface area contributed by atoms with Crippen molar-refractivity contribution >= 4 is 26.8 Å². The van der Waals surface area contributed by atoms with E-state index in [2.05, 4.69) is 9.71 Å². The molecule has 0 saturated carbocycles. The number of hydrogen-bond donors (Lipinski definition) is 2. The number of phenolic OH excluding ortho intramolecular Hbond substituents is 1. The third-order valence-electron chi connectivity index (χ3n) is 5.54. The van der Waals surface area contributed by atoms with Crippen LogP contribution in [0.1, 0.15) is 5.56 Å². The normalized spacial score (nSPS) is 11.2. The maximum absolute atomic E-state index is 13.8. The molecule has 0 atom stereocenters. The lowest BCUT2D eigenvalue weighted by molar-refractivity contribution is 0.475. The largest absolute Gasteiger partial charge is 0.508 e. The van der Waals surface area contributed by atoms with Crippen molar-refractivity contribution in [1.82, 2.24) is 4.98 Å². The van der Waals surface area contributed by atoms with Crippen molar-refractivity contribution in [2.24, 2.45) is 0 Å². The summed E-state index contributed by atoms with van der Waals surface area (Å²) >= 11 is 0. The Morgan fingerprint density at radius 2 is 1.73 bits per heavy atom. The van der Waals surface area contributed by atoms with Gasteiger partial charge in [0.05, 0.1) is 16.2 Å². The van der Waals surface area contributed by atoms with E-state index in [4.69, 9.17) is 4.42 Å². The van der Waals surface area contributed by atoms with Gasteiger partial charge in [0.2, 0.25) is 0 Å². The Kier molecular flexibility index (Phi) is 5.91. The molecule has 8 nitrogen and oxygen atoms in total. The summed E-state index contributed by atoms with van der Waals surface area (Å²) in [6.07, 6.45) is 0. The molecule has 0 aliphatic rings. The first-order chi connectivity index (χ1) is 17.7. The van der Waals surface area contributed by atoms with Crippen LogP contribution in [0.3, 0.4) is 0 Å². The van der Waals surface area contributed by atoms with Crippen molar-refractivity contribution in [1.29, 1.82) is 5.26 Å². The van der Waals surface area contributed by atoms with E-state index in [0.29, 0.717) is 5.56 Å². The Morgan fingerprint density at radius 3 is 2.46 bits per heavy atom. The van der Waals surface area contributed by atoms with Crippen LogP contribution in [-0.2, 0) is 10.0 Å². The first-order valence-electron chi connectivity index (χ1n) is 10.8. The number of hydrogen-bond acceptors (Lipinski definition) is 7. The number of sulfonamides is 1. The number of aromatic hydroxyl groups is 1. The molecule has 0 saturated heterocycles. The number of pyridine rings is 1. The fourth-order valence-corrected chi connectivity index (χ4v) is 4.87. The molecule has 2 heterocycles. The second-order valence-electron chi connectivity index (χ2n) is 7.99. The summed E-state index contributed by atoms with van der Waals surface area (Å²) in [4.78, 5) is 17.1. The smallest absolute Gasteiger partial charge is 0.345 e. The number of nitrogens with one attached hydrogen (secondary N) is 1. The highest BCUT2D eigenvalue weighted by atomic mass is 32.2. The lowest BCUT2D eigenvalue weighted by Gasteiger charge is -2.14. The van der Waals surface area contributed by atoms with Crippen LogP contribution >= 0.6 is 0 Å². The van der Waals surface area contributed by atoms with Crippen LogP contribution in [-0.4, -0.2) is 18.5 Å². The first kappa shape index (κ1) is 23.7. The second-order valence-corrected chi connectivity index (χ2v) is 9.67. The van der Waals surface area contributed by atoms with Gasteiger partial charge in [-0.05, 0) is 60.2 Å². The Hall–Kier alpha value is -5.01. The number of rotatable bonds is 5. The molecule has 0 spiro atoms. The third-order valence-corrected chi connectivity index (χ3v) is 6.90. The van der Waals surface area contributed by atoms with E-state index in [9.17, 15) is 28.0 Å². The molecular weight excluding hydrogens is 497 g/mol. The molecule has 0 aliphatic heterocycles. The van der Waals surface area contributed by atoms with E-state index in [1.165, 1.54) is 48.5 Å². The Morgan fingerprint density at radius 1 is 0.946 bits per heavy atom. The number of fused-ring (bicyclic) bond motifs is 1. The van der Waals surface area contributed by atoms with Crippen molar-refractivity contribution in [2.75, 3.05) is 4.72 Å². The molecule has 182 valence electrons. The van der Waals surface area contributed by atoms with Crippen molar-refractivity contribution in [3.8, 4) is 34.2 Å². The van der Waals surface area contributed by atoms with Crippen molar-refractivity contribution < 1.29 is 22.3 Å². The molecular formula is C27H16FN3O5S. The maximum atomic E-state index is 13.8. The number of aromatic nitrogens is 1. The van der Waals surface area contributed by atoms with E-state index < -0.39 is 21.5 Å². The standard InChI is InChI=1S/C27H16FN3O5S/c28-18-9-10-25-17(11-18)13-22(27(33)36-25)24-14-21(16-5-4-6-19(32)12-16)23(15-29)26(30-24)31-37(34,35)20-7-2-1-3-8-20/h1-14,32H,(H,30,31). The van der Waals surface area contributed by atoms with Crippen LogP contribution in [0.5, 0.6) is 5.75 Å². The van der Waals surface area contributed by atoms with Gasteiger partial charge in [0.1, 0.15) is 28.8 Å². The molecule has 0 bridgehead atoms. The van der Waals surface area contributed by atoms with E-state index in [1.54, 1.807) is 30.3 Å². The zero-order chi connectivity index (χ0) is 26.2. The topological polar surface area (TPSA) is 133 Å².